The number of nitrogens with zero attached hydrogens (tertiary/aromatic N) is 1. The summed E-state index contributed by atoms with van der Waals surface area (Å²) >= 11 is 0. The van der Waals surface area contributed by atoms with E-state index < -0.39 is 16.1 Å². The first kappa shape index (κ1) is 28.5. The van der Waals surface area contributed by atoms with Crippen LogP contribution in [0, 0.1) is 5.82 Å². The molecule has 2 aromatic carbocycles. The van der Waals surface area contributed by atoms with Gasteiger partial charge in [-0.25, -0.2) is 17.5 Å². The molecule has 0 unspecified atom stereocenters. The molecule has 2 aromatic rings. The van der Waals surface area contributed by atoms with Gasteiger partial charge in [0.2, 0.25) is 21.8 Å². The van der Waals surface area contributed by atoms with Crippen molar-refractivity contribution in [2.75, 3.05) is 13.1 Å². The summed E-state index contributed by atoms with van der Waals surface area (Å²) in [5, 5.41) is 2.90. The molecule has 0 saturated carbocycles. The Bertz CT molecular complexity index is 1060. The second-order valence-corrected chi connectivity index (χ2v) is 10.2. The molecule has 192 valence electrons. The fraction of sp³-hybridized carbons (Fsp3) is 0.462. The third-order valence-corrected chi connectivity index (χ3v) is 7.27. The number of unbranched alkanes of at least 4 members (excludes halogenated alkanes) is 2. The molecule has 0 aliphatic heterocycles. The van der Waals surface area contributed by atoms with Crippen LogP contribution in [0.4, 0.5) is 4.39 Å². The Morgan fingerprint density at radius 3 is 2.20 bits per heavy atom. The molecule has 2 amide bonds. The molecule has 9 heteroatoms. The Labute approximate surface area is 208 Å². The van der Waals surface area contributed by atoms with Crippen molar-refractivity contribution < 1.29 is 22.4 Å². The van der Waals surface area contributed by atoms with Crippen LogP contribution in [0.3, 0.4) is 0 Å². The van der Waals surface area contributed by atoms with E-state index in [2.05, 4.69) is 17.0 Å². The average molecular weight is 506 g/mol. The third kappa shape index (κ3) is 9.07. The molecule has 2 rings (SSSR count). The van der Waals surface area contributed by atoms with Crippen LogP contribution in [0.5, 0.6) is 0 Å². The van der Waals surface area contributed by atoms with Gasteiger partial charge in [-0.3, -0.25) is 9.59 Å². The van der Waals surface area contributed by atoms with Gasteiger partial charge in [0.05, 0.1) is 4.90 Å². The summed E-state index contributed by atoms with van der Waals surface area (Å²) in [6.45, 7) is 6.52. The number of aryl methyl sites for hydroxylation is 1. The first-order valence-corrected chi connectivity index (χ1v) is 13.6. The molecule has 1 atom stereocenters. The summed E-state index contributed by atoms with van der Waals surface area (Å²) in [5.41, 5.74) is 1.54. The zero-order valence-corrected chi connectivity index (χ0v) is 21.5. The number of carbonyl (C=O) groups is 2. The van der Waals surface area contributed by atoms with Crippen molar-refractivity contribution in [3.63, 3.8) is 0 Å². The fourth-order valence-electron chi connectivity index (χ4n) is 3.61. The van der Waals surface area contributed by atoms with Crippen LogP contribution in [-0.4, -0.2) is 44.3 Å². The number of hydrogen-bond acceptors (Lipinski definition) is 4. The molecule has 0 fully saturated rings. The molecule has 0 aliphatic rings. The molecule has 0 heterocycles. The smallest absolute Gasteiger partial charge is 0.242 e. The number of sulfonamides is 1. The number of hydrogen-bond donors (Lipinski definition) is 2. The Morgan fingerprint density at radius 1 is 0.971 bits per heavy atom. The van der Waals surface area contributed by atoms with Crippen molar-refractivity contribution in [2.24, 2.45) is 0 Å². The van der Waals surface area contributed by atoms with E-state index >= 15 is 0 Å². The zero-order valence-electron chi connectivity index (χ0n) is 20.7. The van der Waals surface area contributed by atoms with Gasteiger partial charge in [-0.05, 0) is 55.2 Å². The average Bonchev–Trinajstić information content (AvgIpc) is 2.84. The maximum Gasteiger partial charge on any atom is 0.242 e. The first-order valence-electron chi connectivity index (χ1n) is 12.1. The molecule has 35 heavy (non-hydrogen) atoms. The van der Waals surface area contributed by atoms with Crippen LogP contribution in [-0.2, 0) is 32.6 Å². The van der Waals surface area contributed by atoms with Gasteiger partial charge in [-0.2, -0.15) is 0 Å². The lowest BCUT2D eigenvalue weighted by atomic mass is 10.1. The Balaban J connectivity index is 2.09. The zero-order chi connectivity index (χ0) is 25.8. The number of rotatable bonds is 14. The third-order valence-electron chi connectivity index (χ3n) is 5.71. The van der Waals surface area contributed by atoms with E-state index in [0.717, 1.165) is 30.4 Å². The minimum absolute atomic E-state index is 0.147. The van der Waals surface area contributed by atoms with Crippen molar-refractivity contribution in [3.05, 3.63) is 65.5 Å². The molecule has 0 aromatic heterocycles. The van der Waals surface area contributed by atoms with Crippen molar-refractivity contribution >= 4 is 21.8 Å². The Kier molecular flexibility index (Phi) is 11.3. The van der Waals surface area contributed by atoms with E-state index in [4.69, 9.17) is 0 Å². The Morgan fingerprint density at radius 2 is 1.60 bits per heavy atom. The monoisotopic (exact) mass is 505 g/mol. The van der Waals surface area contributed by atoms with Crippen LogP contribution in [0.2, 0.25) is 0 Å². The largest absolute Gasteiger partial charge is 0.354 e. The van der Waals surface area contributed by atoms with Crippen molar-refractivity contribution in [1.29, 1.82) is 0 Å². The number of carbonyl (C=O) groups excluding carboxylic acids is 2. The minimum Gasteiger partial charge on any atom is -0.354 e. The quantitative estimate of drug-likeness (QED) is 0.382. The summed E-state index contributed by atoms with van der Waals surface area (Å²) in [5.74, 6) is -0.808. The molecule has 2 N–H and O–H groups in total. The van der Waals surface area contributed by atoms with Gasteiger partial charge in [-0.15, -0.1) is 0 Å². The lowest BCUT2D eigenvalue weighted by molar-refractivity contribution is -0.140. The van der Waals surface area contributed by atoms with Gasteiger partial charge < -0.3 is 10.2 Å². The van der Waals surface area contributed by atoms with Gasteiger partial charge in [0.1, 0.15) is 11.9 Å². The van der Waals surface area contributed by atoms with Crippen LogP contribution < -0.4 is 10.0 Å². The summed E-state index contributed by atoms with van der Waals surface area (Å²) in [6, 6.07) is 11.6. The van der Waals surface area contributed by atoms with Crippen molar-refractivity contribution in [1.82, 2.24) is 14.9 Å². The molecule has 0 bridgehead atoms. The molecule has 0 radical (unpaired) electrons. The maximum atomic E-state index is 13.3. The van der Waals surface area contributed by atoms with E-state index in [0.29, 0.717) is 19.5 Å². The Hall–Kier alpha value is -2.78. The second-order valence-electron chi connectivity index (χ2n) is 8.47. The van der Waals surface area contributed by atoms with Crippen LogP contribution >= 0.6 is 0 Å². The first-order chi connectivity index (χ1) is 16.7. The van der Waals surface area contributed by atoms with E-state index in [-0.39, 0.29) is 35.5 Å². The predicted octanol–water partition coefficient (Wildman–Crippen LogP) is 3.78. The van der Waals surface area contributed by atoms with E-state index in [1.807, 2.05) is 0 Å². The molecular formula is C26H36FN3O4S. The van der Waals surface area contributed by atoms with Gasteiger partial charge >= 0.3 is 0 Å². The topological polar surface area (TPSA) is 95.6 Å². The van der Waals surface area contributed by atoms with E-state index in [9.17, 15) is 22.4 Å². The number of nitrogens with one attached hydrogen (secondary N) is 2. The summed E-state index contributed by atoms with van der Waals surface area (Å²) in [4.78, 5) is 27.6. The number of halogens is 1. The standard InChI is InChI=1S/C26H36FN3O4S/c1-4-6-7-18-28-26(32)20(3)30(19-22-8-13-23(27)14-9-22)25(31)17-12-21-10-15-24(16-11-21)35(33,34)29-5-2/h8-11,13-16,20,29H,4-7,12,17-19H2,1-3H3,(H,28,32)/t20-/m0/s1. The highest BCUT2D eigenvalue weighted by Crippen LogP contribution is 2.15. The van der Waals surface area contributed by atoms with E-state index in [1.54, 1.807) is 38.1 Å². The molecular weight excluding hydrogens is 469 g/mol. The highest BCUT2D eigenvalue weighted by Gasteiger charge is 2.26. The maximum absolute atomic E-state index is 13.3. The highest BCUT2D eigenvalue weighted by molar-refractivity contribution is 7.89. The SMILES string of the molecule is CCCCCNC(=O)[C@H](C)N(Cc1ccc(F)cc1)C(=O)CCc1ccc(S(=O)(=O)NCC)cc1. The van der Waals surface area contributed by atoms with Crippen LogP contribution in [0.25, 0.3) is 0 Å². The molecule has 0 saturated heterocycles. The summed E-state index contributed by atoms with van der Waals surface area (Å²) in [6.07, 6.45) is 3.48. The normalized spacial score (nSPS) is 12.2. The highest BCUT2D eigenvalue weighted by atomic mass is 32.2. The minimum atomic E-state index is -3.54. The predicted molar refractivity (Wildman–Crippen MR) is 135 cm³/mol. The van der Waals surface area contributed by atoms with Gasteiger partial charge in [0.25, 0.3) is 0 Å². The summed E-state index contributed by atoms with van der Waals surface area (Å²) < 4.78 is 40.0. The summed E-state index contributed by atoms with van der Waals surface area (Å²) in [7, 11) is -3.54. The van der Waals surface area contributed by atoms with Crippen molar-refractivity contribution in [2.45, 2.75) is 70.4 Å². The van der Waals surface area contributed by atoms with E-state index in [1.165, 1.54) is 29.2 Å². The number of amides is 2. The lowest BCUT2D eigenvalue weighted by Gasteiger charge is -2.29. The van der Waals surface area contributed by atoms with Gasteiger partial charge in [0, 0.05) is 26.1 Å². The van der Waals surface area contributed by atoms with Crippen LogP contribution in [0.1, 0.15) is 57.6 Å². The molecule has 0 spiro atoms. The van der Waals surface area contributed by atoms with Gasteiger partial charge in [-0.1, -0.05) is 51.0 Å². The fourth-order valence-corrected chi connectivity index (χ4v) is 4.65. The number of benzene rings is 2. The molecule has 7 nitrogen and oxygen atoms in total. The molecule has 0 aliphatic carbocycles. The lowest BCUT2D eigenvalue weighted by Crippen LogP contribution is -2.47. The van der Waals surface area contributed by atoms with Crippen LogP contribution in [0.15, 0.2) is 53.4 Å². The van der Waals surface area contributed by atoms with Gasteiger partial charge in [0.15, 0.2) is 0 Å². The second kappa shape index (κ2) is 13.9. The van der Waals surface area contributed by atoms with Crippen molar-refractivity contribution in [3.8, 4) is 0 Å².